The maximum Gasteiger partial charge on any atom is 0.355 e. The van der Waals surface area contributed by atoms with Crippen molar-refractivity contribution >= 4 is 23.9 Å². The number of aldehydes is 1. The van der Waals surface area contributed by atoms with Gasteiger partial charge in [0.2, 0.25) is 0 Å². The fourth-order valence-corrected chi connectivity index (χ4v) is 3.72. The zero-order chi connectivity index (χ0) is 24.1. The highest BCUT2D eigenvalue weighted by Crippen LogP contribution is 2.45. The van der Waals surface area contributed by atoms with Gasteiger partial charge in [-0.05, 0) is 23.8 Å². The number of carbonyl (C=O) groups excluding carboxylic acids is 3. The number of hydrogen-bond acceptors (Lipinski definition) is 9. The van der Waals surface area contributed by atoms with Gasteiger partial charge >= 0.3 is 11.9 Å². The van der Waals surface area contributed by atoms with Gasteiger partial charge in [0.05, 0.1) is 50.2 Å². The summed E-state index contributed by atoms with van der Waals surface area (Å²) in [6.07, 6.45) is 0.605. The molecule has 9 heteroatoms. The molecule has 0 fully saturated rings. The largest absolute Gasteiger partial charge is 0.495 e. The third-order valence-electron chi connectivity index (χ3n) is 5.19. The van der Waals surface area contributed by atoms with Gasteiger partial charge in [-0.1, -0.05) is 30.3 Å². The smallest absolute Gasteiger partial charge is 0.355 e. The van der Waals surface area contributed by atoms with Crippen LogP contribution in [-0.2, 0) is 19.1 Å². The Balaban J connectivity index is 2.47. The van der Waals surface area contributed by atoms with Crippen LogP contribution in [0.15, 0.2) is 71.2 Å². The average molecular weight is 447 g/mol. The Hall–Kier alpha value is -4.58. The number of methoxy groups -OCH3 is 3. The van der Waals surface area contributed by atoms with Crippen LogP contribution in [0, 0.1) is 11.3 Å². The molecule has 2 N–H and O–H groups in total. The van der Waals surface area contributed by atoms with E-state index in [-0.39, 0.29) is 39.7 Å². The SMILES string of the molecule is COC(=O)C1=C(C(=O)OC)N(c2cc(C=O)ccc2OC)C(N)=C(C#N)C1c1ccccc1. The van der Waals surface area contributed by atoms with E-state index in [4.69, 9.17) is 19.9 Å². The maximum atomic E-state index is 13.1. The number of rotatable bonds is 6. The summed E-state index contributed by atoms with van der Waals surface area (Å²) < 4.78 is 15.4. The molecule has 2 aromatic rings. The van der Waals surface area contributed by atoms with Gasteiger partial charge < -0.3 is 19.9 Å². The molecule has 33 heavy (non-hydrogen) atoms. The first kappa shape index (κ1) is 23.1. The molecule has 2 aromatic carbocycles. The fraction of sp³-hybridized carbons (Fsp3) is 0.167. The van der Waals surface area contributed by atoms with Gasteiger partial charge in [0.25, 0.3) is 0 Å². The lowest BCUT2D eigenvalue weighted by molar-refractivity contribution is -0.139. The van der Waals surface area contributed by atoms with Gasteiger partial charge in [-0.25, -0.2) is 9.59 Å². The Bertz CT molecular complexity index is 1210. The predicted octanol–water partition coefficient (Wildman–Crippen LogP) is 2.41. The van der Waals surface area contributed by atoms with Crippen molar-refractivity contribution in [1.29, 1.82) is 5.26 Å². The van der Waals surface area contributed by atoms with E-state index in [1.54, 1.807) is 30.3 Å². The van der Waals surface area contributed by atoms with E-state index in [1.807, 2.05) is 0 Å². The standard InChI is InChI=1S/C24H21N3O6/c1-31-18-10-9-14(13-28)11-17(18)27-21(24(30)33-3)20(23(29)32-2)19(16(12-25)22(27)26)15-7-5-4-6-8-15/h4-11,13,19H,26H2,1-3H3. The number of esters is 2. The predicted molar refractivity (Wildman–Crippen MR) is 118 cm³/mol. The van der Waals surface area contributed by atoms with Crippen LogP contribution in [-0.4, -0.2) is 39.6 Å². The normalized spacial score (nSPS) is 15.6. The number of anilines is 1. The van der Waals surface area contributed by atoms with Crippen LogP contribution in [0.2, 0.25) is 0 Å². The average Bonchev–Trinajstić information content (AvgIpc) is 2.86. The van der Waals surface area contributed by atoms with Crippen molar-refractivity contribution in [2.45, 2.75) is 5.92 Å². The molecule has 168 valence electrons. The van der Waals surface area contributed by atoms with Crippen LogP contribution in [0.1, 0.15) is 21.8 Å². The van der Waals surface area contributed by atoms with E-state index >= 15 is 0 Å². The number of allylic oxidation sites excluding steroid dienone is 1. The summed E-state index contributed by atoms with van der Waals surface area (Å²) in [5.74, 6) is -2.62. The molecule has 1 aliphatic rings. The van der Waals surface area contributed by atoms with E-state index < -0.39 is 17.9 Å². The van der Waals surface area contributed by atoms with E-state index in [9.17, 15) is 19.6 Å². The Labute approximate surface area is 190 Å². The van der Waals surface area contributed by atoms with Gasteiger partial charge in [0, 0.05) is 5.56 Å². The molecule has 1 heterocycles. The minimum atomic E-state index is -0.991. The second-order valence-electron chi connectivity index (χ2n) is 6.88. The number of carbonyl (C=O) groups is 3. The molecule has 0 amide bonds. The van der Waals surface area contributed by atoms with Crippen LogP contribution >= 0.6 is 0 Å². The Morgan fingerprint density at radius 2 is 1.73 bits per heavy atom. The van der Waals surface area contributed by atoms with Gasteiger partial charge in [-0.2, -0.15) is 5.26 Å². The van der Waals surface area contributed by atoms with Crippen LogP contribution in [0.25, 0.3) is 0 Å². The highest BCUT2D eigenvalue weighted by atomic mass is 16.5. The number of nitrogens with zero attached hydrogens (tertiary/aromatic N) is 2. The molecular weight excluding hydrogens is 426 g/mol. The summed E-state index contributed by atoms with van der Waals surface area (Å²) in [5, 5.41) is 10.0. The summed E-state index contributed by atoms with van der Waals surface area (Å²) in [6, 6.07) is 15.2. The number of ether oxygens (including phenoxy) is 3. The zero-order valence-electron chi connectivity index (χ0n) is 18.2. The second-order valence-corrected chi connectivity index (χ2v) is 6.88. The first-order valence-corrected chi connectivity index (χ1v) is 9.72. The van der Waals surface area contributed by atoms with Crippen molar-refractivity contribution in [3.8, 4) is 11.8 Å². The molecule has 1 atom stereocenters. The molecule has 0 spiro atoms. The third kappa shape index (κ3) is 4.02. The molecule has 9 nitrogen and oxygen atoms in total. The fourth-order valence-electron chi connectivity index (χ4n) is 3.72. The first-order chi connectivity index (χ1) is 15.9. The van der Waals surface area contributed by atoms with Gasteiger partial charge in [-0.15, -0.1) is 0 Å². The summed E-state index contributed by atoms with van der Waals surface area (Å²) in [6.45, 7) is 0. The minimum absolute atomic E-state index is 0.00723. The number of nitriles is 1. The monoisotopic (exact) mass is 447 g/mol. The van der Waals surface area contributed by atoms with Crippen molar-refractivity contribution in [3.05, 3.63) is 82.3 Å². The van der Waals surface area contributed by atoms with E-state index in [0.29, 0.717) is 11.8 Å². The minimum Gasteiger partial charge on any atom is -0.495 e. The molecule has 1 aliphatic heterocycles. The lowest BCUT2D eigenvalue weighted by Gasteiger charge is -2.36. The highest BCUT2D eigenvalue weighted by Gasteiger charge is 2.43. The molecule has 0 radical (unpaired) electrons. The van der Waals surface area contributed by atoms with Gasteiger partial charge in [0.1, 0.15) is 23.6 Å². The molecule has 0 aliphatic carbocycles. The van der Waals surface area contributed by atoms with E-state index in [2.05, 4.69) is 6.07 Å². The molecule has 0 saturated carbocycles. The van der Waals surface area contributed by atoms with E-state index in [1.165, 1.54) is 30.2 Å². The van der Waals surface area contributed by atoms with Gasteiger partial charge in [0.15, 0.2) is 0 Å². The first-order valence-electron chi connectivity index (χ1n) is 9.72. The number of nitrogens with two attached hydrogens (primary N) is 1. The lowest BCUT2D eigenvalue weighted by Crippen LogP contribution is -2.41. The van der Waals surface area contributed by atoms with Crippen LogP contribution in [0.5, 0.6) is 5.75 Å². The topological polar surface area (TPSA) is 132 Å². The summed E-state index contributed by atoms with van der Waals surface area (Å²) >= 11 is 0. The van der Waals surface area contributed by atoms with Crippen LogP contribution < -0.4 is 15.4 Å². The second kappa shape index (κ2) is 9.70. The number of hydrogen-bond donors (Lipinski definition) is 1. The van der Waals surface area contributed by atoms with Crippen molar-refractivity contribution in [2.24, 2.45) is 5.73 Å². The van der Waals surface area contributed by atoms with Crippen molar-refractivity contribution < 1.29 is 28.6 Å². The van der Waals surface area contributed by atoms with Gasteiger partial charge in [-0.3, -0.25) is 9.69 Å². The summed E-state index contributed by atoms with van der Waals surface area (Å²) in [4.78, 5) is 38.7. The highest BCUT2D eigenvalue weighted by molar-refractivity contribution is 6.06. The van der Waals surface area contributed by atoms with Crippen LogP contribution in [0.4, 0.5) is 5.69 Å². The summed E-state index contributed by atoms with van der Waals surface area (Å²) in [7, 11) is 3.71. The maximum absolute atomic E-state index is 13.1. The number of benzene rings is 2. The molecule has 0 saturated heterocycles. The van der Waals surface area contributed by atoms with Crippen molar-refractivity contribution in [3.63, 3.8) is 0 Å². The van der Waals surface area contributed by atoms with Crippen LogP contribution in [0.3, 0.4) is 0 Å². The Morgan fingerprint density at radius 3 is 2.27 bits per heavy atom. The van der Waals surface area contributed by atoms with E-state index in [0.717, 1.165) is 14.2 Å². The molecule has 0 bridgehead atoms. The lowest BCUT2D eigenvalue weighted by atomic mass is 9.81. The molecule has 1 unspecified atom stereocenters. The molecule has 3 rings (SSSR count). The zero-order valence-corrected chi connectivity index (χ0v) is 18.2. The van der Waals surface area contributed by atoms with Crippen molar-refractivity contribution in [1.82, 2.24) is 0 Å². The Kier molecular flexibility index (Phi) is 6.79. The third-order valence-corrected chi connectivity index (χ3v) is 5.19. The molecule has 0 aromatic heterocycles. The molecular formula is C24H21N3O6. The quantitative estimate of drug-likeness (QED) is 0.523. The Morgan fingerprint density at radius 1 is 1.06 bits per heavy atom. The summed E-state index contributed by atoms with van der Waals surface area (Å²) in [5.41, 5.74) is 7.03. The van der Waals surface area contributed by atoms with Crippen molar-refractivity contribution in [2.75, 3.05) is 26.2 Å².